The van der Waals surface area contributed by atoms with E-state index >= 15 is 0 Å². The predicted octanol–water partition coefficient (Wildman–Crippen LogP) is 0.785. The molecule has 2 aromatic heterocycles. The van der Waals surface area contributed by atoms with Gasteiger partial charge < -0.3 is 9.52 Å². The zero-order valence-corrected chi connectivity index (χ0v) is 9.32. The zero-order chi connectivity index (χ0) is 12.4. The first-order valence-corrected chi connectivity index (χ1v) is 5.24. The number of hydrogen-bond acceptors (Lipinski definition) is 7. The lowest BCUT2D eigenvalue weighted by molar-refractivity contribution is 0.0696. The molecular weight excluding hydrogens is 248 g/mol. The highest BCUT2D eigenvalue weighted by Crippen LogP contribution is 2.12. The highest BCUT2D eigenvalue weighted by molar-refractivity contribution is 7.11. The normalized spacial score (nSPS) is 10.2. The van der Waals surface area contributed by atoms with Crippen molar-refractivity contribution in [2.45, 2.75) is 6.92 Å². The van der Waals surface area contributed by atoms with Crippen LogP contribution in [0, 0.1) is 6.92 Å². The van der Waals surface area contributed by atoms with E-state index in [1.807, 2.05) is 0 Å². The Kier molecular flexibility index (Phi) is 2.83. The molecule has 2 heterocycles. The van der Waals surface area contributed by atoms with Gasteiger partial charge in [0.15, 0.2) is 0 Å². The van der Waals surface area contributed by atoms with Gasteiger partial charge in [0.25, 0.3) is 5.91 Å². The van der Waals surface area contributed by atoms with Crippen LogP contribution in [0.1, 0.15) is 26.2 Å². The fourth-order valence-electron chi connectivity index (χ4n) is 0.984. The van der Waals surface area contributed by atoms with E-state index in [0.717, 1.165) is 11.3 Å². The molecule has 0 atom stereocenters. The second-order valence-corrected chi connectivity index (χ2v) is 3.78. The molecule has 0 aromatic carbocycles. The number of carbonyl (C=O) groups is 2. The maximum Gasteiger partial charge on any atom is 0.365 e. The summed E-state index contributed by atoms with van der Waals surface area (Å²) < 4.78 is 4.94. The third-order valence-electron chi connectivity index (χ3n) is 1.67. The van der Waals surface area contributed by atoms with Crippen LogP contribution < -0.4 is 5.32 Å². The van der Waals surface area contributed by atoms with E-state index in [1.54, 1.807) is 6.92 Å². The molecule has 2 rings (SSSR count). The van der Waals surface area contributed by atoms with Crippen LogP contribution in [-0.4, -0.2) is 32.2 Å². The summed E-state index contributed by atoms with van der Waals surface area (Å²) in [7, 11) is 0. The van der Waals surface area contributed by atoms with Crippen LogP contribution in [0.3, 0.4) is 0 Å². The molecule has 88 valence electrons. The number of hydrogen-bond donors (Lipinski definition) is 2. The number of thiazole rings is 1. The summed E-state index contributed by atoms with van der Waals surface area (Å²) in [6.07, 6.45) is 0. The van der Waals surface area contributed by atoms with Crippen LogP contribution in [0.2, 0.25) is 0 Å². The number of nitrogens with zero attached hydrogens (tertiary/aromatic N) is 3. The van der Waals surface area contributed by atoms with Crippen molar-refractivity contribution in [2.75, 3.05) is 5.32 Å². The SMILES string of the molecule is Cc1nnc(NC(=O)c2csc(C(=O)O)n2)o1. The molecule has 0 bridgehead atoms. The molecular formula is C8H6N4O4S. The molecule has 0 spiro atoms. The zero-order valence-electron chi connectivity index (χ0n) is 8.50. The Hall–Kier alpha value is -2.29. The Morgan fingerprint density at radius 2 is 2.24 bits per heavy atom. The van der Waals surface area contributed by atoms with E-state index < -0.39 is 11.9 Å². The van der Waals surface area contributed by atoms with Gasteiger partial charge in [-0.1, -0.05) is 5.10 Å². The number of aromatic nitrogens is 3. The number of aryl methyl sites for hydroxylation is 1. The van der Waals surface area contributed by atoms with Gasteiger partial charge in [-0.25, -0.2) is 9.78 Å². The van der Waals surface area contributed by atoms with Gasteiger partial charge >= 0.3 is 12.0 Å². The summed E-state index contributed by atoms with van der Waals surface area (Å²) in [6.45, 7) is 1.58. The van der Waals surface area contributed by atoms with Gasteiger partial charge in [0.2, 0.25) is 10.9 Å². The Bertz CT molecular complexity index is 576. The van der Waals surface area contributed by atoms with Gasteiger partial charge in [0.1, 0.15) is 5.69 Å². The van der Waals surface area contributed by atoms with Crippen LogP contribution in [-0.2, 0) is 0 Å². The minimum Gasteiger partial charge on any atom is -0.476 e. The summed E-state index contributed by atoms with van der Waals surface area (Å²) in [5.74, 6) is -1.47. The second kappa shape index (κ2) is 4.29. The second-order valence-electron chi connectivity index (χ2n) is 2.92. The van der Waals surface area contributed by atoms with Gasteiger partial charge in [0, 0.05) is 12.3 Å². The molecule has 0 aliphatic carbocycles. The average molecular weight is 254 g/mol. The molecule has 17 heavy (non-hydrogen) atoms. The van der Waals surface area contributed by atoms with Crippen molar-refractivity contribution in [3.63, 3.8) is 0 Å². The van der Waals surface area contributed by atoms with Crippen molar-refractivity contribution in [2.24, 2.45) is 0 Å². The Labute approximate surface area is 98.3 Å². The van der Waals surface area contributed by atoms with E-state index in [0.29, 0.717) is 5.89 Å². The number of aromatic carboxylic acids is 1. The van der Waals surface area contributed by atoms with Crippen molar-refractivity contribution < 1.29 is 19.1 Å². The quantitative estimate of drug-likeness (QED) is 0.830. The van der Waals surface area contributed by atoms with Gasteiger partial charge in [-0.3, -0.25) is 10.1 Å². The molecule has 0 unspecified atom stereocenters. The molecule has 0 aliphatic heterocycles. The van der Waals surface area contributed by atoms with Crippen LogP contribution in [0.15, 0.2) is 9.80 Å². The maximum absolute atomic E-state index is 11.6. The number of carboxylic acids is 1. The number of nitrogens with one attached hydrogen (secondary N) is 1. The number of amides is 1. The molecule has 1 amide bonds. The first-order chi connectivity index (χ1) is 8.06. The number of carbonyl (C=O) groups excluding carboxylic acids is 1. The molecule has 0 saturated carbocycles. The van der Waals surface area contributed by atoms with Crippen molar-refractivity contribution >= 4 is 29.2 Å². The van der Waals surface area contributed by atoms with E-state index in [1.165, 1.54) is 5.38 Å². The Morgan fingerprint density at radius 3 is 2.76 bits per heavy atom. The van der Waals surface area contributed by atoms with E-state index in [9.17, 15) is 9.59 Å². The lowest BCUT2D eigenvalue weighted by Gasteiger charge is -1.94. The van der Waals surface area contributed by atoms with Crippen molar-refractivity contribution in [3.8, 4) is 0 Å². The fourth-order valence-corrected chi connectivity index (χ4v) is 1.62. The van der Waals surface area contributed by atoms with Crippen molar-refractivity contribution in [1.82, 2.24) is 15.2 Å². The summed E-state index contributed by atoms with van der Waals surface area (Å²) in [4.78, 5) is 25.8. The van der Waals surface area contributed by atoms with Crippen molar-refractivity contribution in [3.05, 3.63) is 22.0 Å². The summed E-state index contributed by atoms with van der Waals surface area (Å²) in [5, 5.41) is 19.2. The Morgan fingerprint density at radius 1 is 1.47 bits per heavy atom. The standard InChI is InChI=1S/C8H6N4O4S/c1-3-11-12-8(16-3)10-5(13)4-2-17-6(9-4)7(14)15/h2H,1H3,(H,14,15)(H,10,12,13). The third-order valence-corrected chi connectivity index (χ3v) is 2.50. The Balaban J connectivity index is 2.11. The summed E-state index contributed by atoms with van der Waals surface area (Å²) >= 11 is 0.864. The monoisotopic (exact) mass is 254 g/mol. The van der Waals surface area contributed by atoms with Crippen LogP contribution >= 0.6 is 11.3 Å². The van der Waals surface area contributed by atoms with Crippen molar-refractivity contribution in [1.29, 1.82) is 0 Å². The smallest absolute Gasteiger partial charge is 0.365 e. The van der Waals surface area contributed by atoms with Gasteiger partial charge in [-0.2, -0.15) is 0 Å². The number of rotatable bonds is 3. The molecule has 0 fully saturated rings. The van der Waals surface area contributed by atoms with Gasteiger partial charge in [-0.05, 0) is 0 Å². The summed E-state index contributed by atoms with van der Waals surface area (Å²) in [5.41, 5.74) is -0.0109. The third kappa shape index (κ3) is 2.45. The molecule has 8 nitrogen and oxygen atoms in total. The van der Waals surface area contributed by atoms with E-state index in [-0.39, 0.29) is 16.7 Å². The topological polar surface area (TPSA) is 118 Å². The minimum atomic E-state index is -1.18. The average Bonchev–Trinajstić information content (AvgIpc) is 2.86. The van der Waals surface area contributed by atoms with E-state index in [2.05, 4.69) is 20.5 Å². The van der Waals surface area contributed by atoms with Crippen LogP contribution in [0.25, 0.3) is 0 Å². The van der Waals surface area contributed by atoms with Crippen LogP contribution in [0.5, 0.6) is 0 Å². The summed E-state index contributed by atoms with van der Waals surface area (Å²) in [6, 6.07) is -0.0580. The number of anilines is 1. The molecule has 0 saturated heterocycles. The lowest BCUT2D eigenvalue weighted by atomic mass is 10.4. The number of carboxylic acid groups (broad SMARTS) is 1. The fraction of sp³-hybridized carbons (Fsp3) is 0.125. The lowest BCUT2D eigenvalue weighted by Crippen LogP contribution is -2.13. The van der Waals surface area contributed by atoms with Gasteiger partial charge in [-0.15, -0.1) is 16.4 Å². The largest absolute Gasteiger partial charge is 0.476 e. The van der Waals surface area contributed by atoms with Gasteiger partial charge in [0.05, 0.1) is 0 Å². The minimum absolute atomic E-state index is 0.0109. The highest BCUT2D eigenvalue weighted by Gasteiger charge is 2.16. The molecule has 2 aromatic rings. The van der Waals surface area contributed by atoms with E-state index in [4.69, 9.17) is 9.52 Å². The predicted molar refractivity (Wildman–Crippen MR) is 56.1 cm³/mol. The molecule has 9 heteroatoms. The first-order valence-electron chi connectivity index (χ1n) is 4.36. The molecule has 2 N–H and O–H groups in total. The van der Waals surface area contributed by atoms with Crippen LogP contribution in [0.4, 0.5) is 6.01 Å². The molecule has 0 radical (unpaired) electrons. The highest BCUT2D eigenvalue weighted by atomic mass is 32.1. The first kappa shape index (κ1) is 11.2. The maximum atomic E-state index is 11.6. The molecule has 0 aliphatic rings.